The molecule has 2 rings (SSSR count). The van der Waals surface area contributed by atoms with E-state index in [2.05, 4.69) is 17.2 Å². The minimum Gasteiger partial charge on any atom is -0.369 e. The Morgan fingerprint density at radius 3 is 3.20 bits per heavy atom. The van der Waals surface area contributed by atoms with Crippen molar-refractivity contribution in [2.75, 3.05) is 13.1 Å². The molecule has 0 bridgehead atoms. The third kappa shape index (κ3) is 3.01. The number of rotatable bonds is 3. The van der Waals surface area contributed by atoms with Gasteiger partial charge < -0.3 is 10.1 Å². The van der Waals surface area contributed by atoms with Crippen molar-refractivity contribution in [3.8, 4) is 0 Å². The first kappa shape index (κ1) is 10.6. The summed E-state index contributed by atoms with van der Waals surface area (Å²) < 4.78 is 5.95. The second-order valence-corrected chi connectivity index (χ2v) is 4.38. The quantitative estimate of drug-likeness (QED) is 0.818. The third-order valence-corrected chi connectivity index (χ3v) is 2.87. The lowest BCUT2D eigenvalue weighted by Crippen LogP contribution is -2.45. The summed E-state index contributed by atoms with van der Waals surface area (Å²) in [6.07, 6.45) is 5.98. The number of piperidine rings is 1. The Labute approximate surface area is 90.9 Å². The van der Waals surface area contributed by atoms with Crippen LogP contribution in [0.3, 0.4) is 0 Å². The van der Waals surface area contributed by atoms with E-state index in [1.54, 1.807) is 6.20 Å². The maximum atomic E-state index is 5.95. The van der Waals surface area contributed by atoms with Crippen LogP contribution in [0, 0.1) is 0 Å². The molecule has 1 fully saturated rings. The molecular weight excluding hydrogens is 188 g/mol. The van der Waals surface area contributed by atoms with Crippen LogP contribution in [0.5, 0.6) is 0 Å². The van der Waals surface area contributed by atoms with Gasteiger partial charge in [0.1, 0.15) is 0 Å². The van der Waals surface area contributed by atoms with E-state index in [1.807, 2.05) is 18.3 Å². The lowest BCUT2D eigenvalue weighted by molar-refractivity contribution is -0.0572. The number of hydrogen-bond donors (Lipinski definition) is 1. The molecule has 1 aliphatic rings. The third-order valence-electron chi connectivity index (χ3n) is 2.87. The van der Waals surface area contributed by atoms with Crippen molar-refractivity contribution in [2.45, 2.75) is 32.0 Å². The van der Waals surface area contributed by atoms with Crippen molar-refractivity contribution >= 4 is 0 Å². The second kappa shape index (κ2) is 4.73. The Bertz CT molecular complexity index is 294. The monoisotopic (exact) mass is 206 g/mol. The molecule has 15 heavy (non-hydrogen) atoms. The Balaban J connectivity index is 1.87. The van der Waals surface area contributed by atoms with E-state index >= 15 is 0 Å². The van der Waals surface area contributed by atoms with Crippen molar-refractivity contribution in [3.05, 3.63) is 30.1 Å². The van der Waals surface area contributed by atoms with Gasteiger partial charge in [-0.05, 0) is 37.9 Å². The lowest BCUT2D eigenvalue weighted by atomic mass is 9.96. The van der Waals surface area contributed by atoms with Gasteiger partial charge in [-0.15, -0.1) is 0 Å². The van der Waals surface area contributed by atoms with Crippen LogP contribution in [0.4, 0.5) is 0 Å². The highest BCUT2D eigenvalue weighted by atomic mass is 16.5. The van der Waals surface area contributed by atoms with Gasteiger partial charge >= 0.3 is 0 Å². The van der Waals surface area contributed by atoms with Crippen LogP contribution in [-0.2, 0) is 11.3 Å². The molecule has 0 amide bonds. The summed E-state index contributed by atoms with van der Waals surface area (Å²) in [5, 5.41) is 3.37. The first-order valence-corrected chi connectivity index (χ1v) is 5.52. The highest BCUT2D eigenvalue weighted by Gasteiger charge is 2.27. The van der Waals surface area contributed by atoms with Crippen molar-refractivity contribution in [1.29, 1.82) is 0 Å². The molecule has 1 atom stereocenters. The number of aromatic nitrogens is 1. The van der Waals surface area contributed by atoms with Crippen LogP contribution in [0.1, 0.15) is 25.3 Å². The van der Waals surface area contributed by atoms with Crippen molar-refractivity contribution in [2.24, 2.45) is 0 Å². The number of pyridine rings is 1. The second-order valence-electron chi connectivity index (χ2n) is 4.38. The largest absolute Gasteiger partial charge is 0.369 e. The Morgan fingerprint density at radius 1 is 1.60 bits per heavy atom. The maximum Gasteiger partial charge on any atom is 0.0783 e. The molecule has 1 unspecified atom stereocenters. The fourth-order valence-corrected chi connectivity index (χ4v) is 1.89. The average molecular weight is 206 g/mol. The molecule has 1 aromatic rings. The number of nitrogens with zero attached hydrogens (tertiary/aromatic N) is 1. The van der Waals surface area contributed by atoms with E-state index in [0.717, 1.165) is 25.1 Å². The zero-order valence-corrected chi connectivity index (χ0v) is 9.20. The predicted octanol–water partition coefficient (Wildman–Crippen LogP) is 1.74. The first-order chi connectivity index (χ1) is 7.29. The van der Waals surface area contributed by atoms with Gasteiger partial charge in [0.2, 0.25) is 0 Å². The molecule has 1 saturated heterocycles. The molecule has 3 nitrogen and oxygen atoms in total. The highest BCUT2D eigenvalue weighted by molar-refractivity contribution is 5.07. The summed E-state index contributed by atoms with van der Waals surface area (Å²) in [6.45, 7) is 4.90. The fourth-order valence-electron chi connectivity index (χ4n) is 1.89. The van der Waals surface area contributed by atoms with Gasteiger partial charge in [-0.3, -0.25) is 4.98 Å². The first-order valence-electron chi connectivity index (χ1n) is 5.52. The maximum absolute atomic E-state index is 5.95. The van der Waals surface area contributed by atoms with E-state index in [9.17, 15) is 0 Å². The number of nitrogens with one attached hydrogen (secondary N) is 1. The summed E-state index contributed by atoms with van der Waals surface area (Å²) in [7, 11) is 0. The van der Waals surface area contributed by atoms with Gasteiger partial charge in [0.25, 0.3) is 0 Å². The SMILES string of the molecule is CC1(OCc2cccnc2)CCCNC1. The summed E-state index contributed by atoms with van der Waals surface area (Å²) in [5.74, 6) is 0. The normalized spacial score (nSPS) is 26.5. The molecule has 0 aromatic carbocycles. The molecule has 0 saturated carbocycles. The molecule has 1 N–H and O–H groups in total. The molecule has 82 valence electrons. The molecule has 0 radical (unpaired) electrons. The molecular formula is C12H18N2O. The van der Waals surface area contributed by atoms with E-state index in [4.69, 9.17) is 4.74 Å². The zero-order chi connectivity index (χ0) is 10.6. The minimum absolute atomic E-state index is 0.00586. The van der Waals surface area contributed by atoms with Crippen LogP contribution in [0.15, 0.2) is 24.5 Å². The highest BCUT2D eigenvalue weighted by Crippen LogP contribution is 2.21. The summed E-state index contributed by atoms with van der Waals surface area (Å²) in [5.41, 5.74) is 1.14. The standard InChI is InChI=1S/C12H18N2O/c1-12(5-3-7-14-10-12)15-9-11-4-2-6-13-8-11/h2,4,6,8,14H,3,5,7,9-10H2,1H3. The van der Waals surface area contributed by atoms with Gasteiger partial charge in [0.05, 0.1) is 12.2 Å². The fraction of sp³-hybridized carbons (Fsp3) is 0.583. The number of ether oxygens (including phenoxy) is 1. The van der Waals surface area contributed by atoms with Gasteiger partial charge in [-0.25, -0.2) is 0 Å². The van der Waals surface area contributed by atoms with E-state index < -0.39 is 0 Å². The molecule has 1 aromatic heterocycles. The Kier molecular flexibility index (Phi) is 3.34. The molecule has 1 aliphatic heterocycles. The van der Waals surface area contributed by atoms with Gasteiger partial charge in [0.15, 0.2) is 0 Å². The van der Waals surface area contributed by atoms with Crippen LogP contribution in [0.2, 0.25) is 0 Å². The van der Waals surface area contributed by atoms with E-state index in [0.29, 0.717) is 6.61 Å². The zero-order valence-electron chi connectivity index (χ0n) is 9.20. The van der Waals surface area contributed by atoms with Gasteiger partial charge in [-0.2, -0.15) is 0 Å². The summed E-state index contributed by atoms with van der Waals surface area (Å²) >= 11 is 0. The summed E-state index contributed by atoms with van der Waals surface area (Å²) in [4.78, 5) is 4.08. The number of hydrogen-bond acceptors (Lipinski definition) is 3. The van der Waals surface area contributed by atoms with Crippen molar-refractivity contribution in [3.63, 3.8) is 0 Å². The van der Waals surface area contributed by atoms with Gasteiger partial charge in [-0.1, -0.05) is 6.07 Å². The predicted molar refractivity (Wildman–Crippen MR) is 59.5 cm³/mol. The molecule has 3 heteroatoms. The summed E-state index contributed by atoms with van der Waals surface area (Å²) in [6, 6.07) is 3.99. The molecule has 0 spiro atoms. The van der Waals surface area contributed by atoms with Crippen LogP contribution >= 0.6 is 0 Å². The van der Waals surface area contributed by atoms with Crippen LogP contribution in [-0.4, -0.2) is 23.7 Å². The van der Waals surface area contributed by atoms with Crippen molar-refractivity contribution < 1.29 is 4.74 Å². The Hall–Kier alpha value is -0.930. The van der Waals surface area contributed by atoms with Gasteiger partial charge in [0, 0.05) is 18.9 Å². The lowest BCUT2D eigenvalue weighted by Gasteiger charge is -2.34. The van der Waals surface area contributed by atoms with Crippen LogP contribution < -0.4 is 5.32 Å². The Morgan fingerprint density at radius 2 is 2.53 bits per heavy atom. The average Bonchev–Trinajstić information content (AvgIpc) is 2.29. The van der Waals surface area contributed by atoms with Crippen molar-refractivity contribution in [1.82, 2.24) is 10.3 Å². The van der Waals surface area contributed by atoms with Crippen LogP contribution in [0.25, 0.3) is 0 Å². The topological polar surface area (TPSA) is 34.1 Å². The molecule has 0 aliphatic carbocycles. The van der Waals surface area contributed by atoms with E-state index in [1.165, 1.54) is 6.42 Å². The minimum atomic E-state index is -0.00586. The molecule has 2 heterocycles. The van der Waals surface area contributed by atoms with E-state index in [-0.39, 0.29) is 5.60 Å². The smallest absolute Gasteiger partial charge is 0.0783 e.